The lowest BCUT2D eigenvalue weighted by molar-refractivity contribution is -0.122. The molecule has 1 aromatic carbocycles. The van der Waals surface area contributed by atoms with Crippen molar-refractivity contribution >= 4 is 17.5 Å². The number of benzene rings is 1. The number of carbonyl (C=O) groups is 1. The highest BCUT2D eigenvalue weighted by atomic mass is 35.5. The standard InChI is InChI=1S/C12H16ClNO3/c1-12(17,8-15)7-14-11(16)10(13)9-5-3-2-4-6-9/h2-6,10,15,17H,7-8H2,1H3,(H,14,16). The van der Waals surface area contributed by atoms with Crippen LogP contribution in [0.1, 0.15) is 17.9 Å². The van der Waals surface area contributed by atoms with E-state index in [1.807, 2.05) is 6.07 Å². The number of nitrogens with one attached hydrogen (secondary N) is 1. The first kappa shape index (κ1) is 14.0. The van der Waals surface area contributed by atoms with Crippen LogP contribution < -0.4 is 5.32 Å². The molecule has 4 nitrogen and oxygen atoms in total. The maximum absolute atomic E-state index is 11.7. The van der Waals surface area contributed by atoms with E-state index in [0.29, 0.717) is 5.56 Å². The molecule has 94 valence electrons. The van der Waals surface area contributed by atoms with Crippen molar-refractivity contribution in [1.29, 1.82) is 0 Å². The van der Waals surface area contributed by atoms with E-state index < -0.39 is 23.5 Å². The average molecular weight is 258 g/mol. The third-order valence-corrected chi connectivity index (χ3v) is 2.76. The fourth-order valence-electron chi connectivity index (χ4n) is 1.20. The van der Waals surface area contributed by atoms with Crippen molar-refractivity contribution in [3.05, 3.63) is 35.9 Å². The van der Waals surface area contributed by atoms with Gasteiger partial charge in [0.05, 0.1) is 6.61 Å². The van der Waals surface area contributed by atoms with Gasteiger partial charge >= 0.3 is 0 Å². The molecular weight excluding hydrogens is 242 g/mol. The van der Waals surface area contributed by atoms with Crippen LogP contribution in [0.4, 0.5) is 0 Å². The molecule has 0 fully saturated rings. The Morgan fingerprint density at radius 2 is 2.06 bits per heavy atom. The van der Waals surface area contributed by atoms with Gasteiger partial charge in [-0.25, -0.2) is 0 Å². The van der Waals surface area contributed by atoms with Crippen molar-refractivity contribution in [1.82, 2.24) is 5.32 Å². The first-order valence-corrected chi connectivity index (χ1v) is 5.70. The Morgan fingerprint density at radius 3 is 2.59 bits per heavy atom. The van der Waals surface area contributed by atoms with Crippen molar-refractivity contribution in [3.8, 4) is 0 Å². The molecule has 0 aliphatic rings. The summed E-state index contributed by atoms with van der Waals surface area (Å²) in [5.41, 5.74) is -0.640. The zero-order chi connectivity index (χ0) is 12.9. The van der Waals surface area contributed by atoms with Gasteiger partial charge in [0.25, 0.3) is 0 Å². The number of carbonyl (C=O) groups excluding carboxylic acids is 1. The molecule has 5 heteroatoms. The van der Waals surface area contributed by atoms with Gasteiger partial charge in [-0.2, -0.15) is 0 Å². The van der Waals surface area contributed by atoms with Crippen LogP contribution in [0.15, 0.2) is 30.3 Å². The number of rotatable bonds is 5. The van der Waals surface area contributed by atoms with Gasteiger partial charge in [-0.1, -0.05) is 30.3 Å². The molecule has 1 aromatic rings. The molecule has 1 amide bonds. The summed E-state index contributed by atoms with van der Waals surface area (Å²) >= 11 is 5.97. The highest BCUT2D eigenvalue weighted by Crippen LogP contribution is 2.19. The Hall–Kier alpha value is -1.10. The molecule has 1 rings (SSSR count). The van der Waals surface area contributed by atoms with Gasteiger partial charge in [-0.3, -0.25) is 4.79 Å². The summed E-state index contributed by atoms with van der Waals surface area (Å²) in [6.07, 6.45) is 0. The molecule has 0 saturated heterocycles. The molecule has 0 aliphatic carbocycles. The molecule has 2 unspecified atom stereocenters. The van der Waals surface area contributed by atoms with Crippen LogP contribution in [-0.4, -0.2) is 34.9 Å². The number of aliphatic hydroxyl groups is 2. The maximum atomic E-state index is 11.7. The number of halogens is 1. The third kappa shape index (κ3) is 4.34. The molecule has 0 spiro atoms. The highest BCUT2D eigenvalue weighted by Gasteiger charge is 2.23. The van der Waals surface area contributed by atoms with Crippen molar-refractivity contribution < 1.29 is 15.0 Å². The van der Waals surface area contributed by atoms with Gasteiger partial charge in [0.1, 0.15) is 11.0 Å². The number of aliphatic hydroxyl groups excluding tert-OH is 1. The van der Waals surface area contributed by atoms with Gasteiger partial charge in [-0.15, -0.1) is 11.6 Å². The Labute approximate surface area is 105 Å². The summed E-state index contributed by atoms with van der Waals surface area (Å²) < 4.78 is 0. The number of alkyl halides is 1. The lowest BCUT2D eigenvalue weighted by Crippen LogP contribution is -2.44. The summed E-state index contributed by atoms with van der Waals surface area (Å²) in [5, 5.41) is 20.0. The van der Waals surface area contributed by atoms with Gasteiger partial charge < -0.3 is 15.5 Å². The maximum Gasteiger partial charge on any atom is 0.242 e. The number of hydrogen-bond acceptors (Lipinski definition) is 3. The molecule has 0 heterocycles. The van der Waals surface area contributed by atoms with E-state index >= 15 is 0 Å². The fraction of sp³-hybridized carbons (Fsp3) is 0.417. The molecule has 0 aromatic heterocycles. The summed E-state index contributed by atoms with van der Waals surface area (Å²) in [7, 11) is 0. The summed E-state index contributed by atoms with van der Waals surface area (Å²) in [5.74, 6) is -0.397. The largest absolute Gasteiger partial charge is 0.393 e. The Morgan fingerprint density at radius 1 is 1.47 bits per heavy atom. The van der Waals surface area contributed by atoms with Crippen LogP contribution in [0.2, 0.25) is 0 Å². The SMILES string of the molecule is CC(O)(CO)CNC(=O)C(Cl)c1ccccc1. The van der Waals surface area contributed by atoms with Gasteiger partial charge in [0.2, 0.25) is 5.91 Å². The number of amides is 1. The Balaban J connectivity index is 2.54. The van der Waals surface area contributed by atoms with Gasteiger partial charge in [-0.05, 0) is 12.5 Å². The van der Waals surface area contributed by atoms with Crippen LogP contribution >= 0.6 is 11.6 Å². The lowest BCUT2D eigenvalue weighted by Gasteiger charge is -2.21. The van der Waals surface area contributed by atoms with E-state index in [1.165, 1.54) is 6.92 Å². The summed E-state index contributed by atoms with van der Waals surface area (Å²) in [6, 6.07) is 8.92. The first-order valence-electron chi connectivity index (χ1n) is 5.26. The van der Waals surface area contributed by atoms with Crippen LogP contribution in [-0.2, 0) is 4.79 Å². The molecule has 0 aliphatic heterocycles. The second-order valence-electron chi connectivity index (χ2n) is 4.15. The zero-order valence-corrected chi connectivity index (χ0v) is 10.3. The molecule has 0 radical (unpaired) electrons. The van der Waals surface area contributed by atoms with Crippen molar-refractivity contribution in [2.75, 3.05) is 13.2 Å². The van der Waals surface area contributed by atoms with Gasteiger partial charge in [0, 0.05) is 6.54 Å². The van der Waals surface area contributed by atoms with Crippen molar-refractivity contribution in [2.24, 2.45) is 0 Å². The van der Waals surface area contributed by atoms with E-state index in [9.17, 15) is 9.90 Å². The van der Waals surface area contributed by atoms with Crippen molar-refractivity contribution in [3.63, 3.8) is 0 Å². The monoisotopic (exact) mass is 257 g/mol. The zero-order valence-electron chi connectivity index (χ0n) is 9.56. The third-order valence-electron chi connectivity index (χ3n) is 2.31. The predicted octanol–water partition coefficient (Wildman–Crippen LogP) is 0.826. The topological polar surface area (TPSA) is 69.6 Å². The average Bonchev–Trinajstić information content (AvgIpc) is 2.36. The van der Waals surface area contributed by atoms with Crippen LogP contribution in [0.3, 0.4) is 0 Å². The molecule has 3 N–H and O–H groups in total. The predicted molar refractivity (Wildman–Crippen MR) is 65.8 cm³/mol. The van der Waals surface area contributed by atoms with E-state index in [1.54, 1.807) is 24.3 Å². The van der Waals surface area contributed by atoms with Gasteiger partial charge in [0.15, 0.2) is 0 Å². The fourth-order valence-corrected chi connectivity index (χ4v) is 1.42. The molecule has 17 heavy (non-hydrogen) atoms. The van der Waals surface area contributed by atoms with Crippen LogP contribution in [0.25, 0.3) is 0 Å². The Kier molecular flexibility index (Phi) is 4.93. The van der Waals surface area contributed by atoms with Crippen LogP contribution in [0, 0.1) is 0 Å². The lowest BCUT2D eigenvalue weighted by atomic mass is 10.1. The Bertz CT molecular complexity index is 367. The minimum atomic E-state index is -1.33. The van der Waals surface area contributed by atoms with E-state index in [-0.39, 0.29) is 6.54 Å². The van der Waals surface area contributed by atoms with E-state index in [0.717, 1.165) is 0 Å². The quantitative estimate of drug-likeness (QED) is 0.685. The van der Waals surface area contributed by atoms with Crippen LogP contribution in [0.5, 0.6) is 0 Å². The molecule has 0 bridgehead atoms. The normalized spacial score (nSPS) is 16.0. The molecule has 2 atom stereocenters. The minimum Gasteiger partial charge on any atom is -0.393 e. The summed E-state index contributed by atoms with van der Waals surface area (Å²) in [6.45, 7) is 0.961. The second-order valence-corrected chi connectivity index (χ2v) is 4.58. The van der Waals surface area contributed by atoms with Crippen molar-refractivity contribution in [2.45, 2.75) is 17.9 Å². The van der Waals surface area contributed by atoms with E-state index in [4.69, 9.17) is 16.7 Å². The highest BCUT2D eigenvalue weighted by molar-refractivity contribution is 6.30. The summed E-state index contributed by atoms with van der Waals surface area (Å²) in [4.78, 5) is 11.7. The molecule has 0 saturated carbocycles. The minimum absolute atomic E-state index is 0.0433. The number of hydrogen-bond donors (Lipinski definition) is 3. The van der Waals surface area contributed by atoms with E-state index in [2.05, 4.69) is 5.32 Å². The molecular formula is C12H16ClNO3. The smallest absolute Gasteiger partial charge is 0.242 e. The second kappa shape index (κ2) is 6.00. The first-order chi connectivity index (χ1) is 7.96.